The average molecular weight is 288 g/mol. The summed E-state index contributed by atoms with van der Waals surface area (Å²) < 4.78 is 0. The molecule has 1 saturated carbocycles. The van der Waals surface area contributed by atoms with E-state index in [0.29, 0.717) is 5.41 Å². The summed E-state index contributed by atoms with van der Waals surface area (Å²) in [7, 11) is 0. The summed E-state index contributed by atoms with van der Waals surface area (Å²) in [6, 6.07) is 8.68. The lowest BCUT2D eigenvalue weighted by atomic mass is 9.75. The summed E-state index contributed by atoms with van der Waals surface area (Å²) in [6.45, 7) is 4.07. The van der Waals surface area contributed by atoms with Crippen molar-refractivity contribution in [3.63, 3.8) is 0 Å². The van der Waals surface area contributed by atoms with E-state index < -0.39 is 0 Å². The van der Waals surface area contributed by atoms with Crippen LogP contribution in [0.2, 0.25) is 0 Å². The monoisotopic (exact) mass is 288 g/mol. The first-order valence-corrected chi connectivity index (χ1v) is 8.71. The topological polar surface area (TPSA) is 24.4 Å². The van der Waals surface area contributed by atoms with E-state index in [-0.39, 0.29) is 0 Å². The van der Waals surface area contributed by atoms with Crippen molar-refractivity contribution in [3.8, 4) is 0 Å². The van der Waals surface area contributed by atoms with Crippen molar-refractivity contribution < 1.29 is 0 Å². The van der Waals surface area contributed by atoms with Crippen LogP contribution in [0.4, 0.5) is 0 Å². The second kappa shape index (κ2) is 6.21. The Morgan fingerprint density at radius 2 is 2.10 bits per heavy atom. The molecule has 1 spiro atoms. The third-order valence-corrected chi connectivity index (χ3v) is 5.82. The molecule has 1 aromatic rings. The van der Waals surface area contributed by atoms with Crippen molar-refractivity contribution in [2.45, 2.75) is 45.6 Å². The van der Waals surface area contributed by atoms with E-state index in [9.17, 15) is 0 Å². The van der Waals surface area contributed by atoms with Gasteiger partial charge in [0.25, 0.3) is 0 Å². The van der Waals surface area contributed by atoms with E-state index in [4.69, 9.17) is 4.99 Å². The van der Waals surface area contributed by atoms with Gasteiger partial charge in [-0.25, -0.2) is 0 Å². The number of benzene rings is 1. The highest BCUT2D eigenvalue weighted by Crippen LogP contribution is 2.41. The number of hydrogen-bond donors (Lipinski definition) is 1. The van der Waals surface area contributed by atoms with E-state index in [0.717, 1.165) is 18.3 Å². The molecule has 0 amide bonds. The van der Waals surface area contributed by atoms with E-state index in [1.54, 1.807) is 0 Å². The number of amidine groups is 1. The molecule has 3 heteroatoms. The normalized spacial score (nSPS) is 21.6. The zero-order valence-electron chi connectivity index (χ0n) is 12.3. The molecule has 2 nitrogen and oxygen atoms in total. The highest BCUT2D eigenvalue weighted by atomic mass is 32.2. The number of nitrogens with zero attached hydrogens (tertiary/aromatic N) is 1. The molecule has 0 radical (unpaired) electrons. The van der Waals surface area contributed by atoms with Crippen LogP contribution in [0, 0.1) is 12.3 Å². The molecule has 1 fully saturated rings. The minimum atomic E-state index is 0.525. The quantitative estimate of drug-likeness (QED) is 0.884. The highest BCUT2D eigenvalue weighted by Gasteiger charge is 2.34. The lowest BCUT2D eigenvalue weighted by Gasteiger charge is -2.38. The second-order valence-corrected chi connectivity index (χ2v) is 7.28. The van der Waals surface area contributed by atoms with Crippen molar-refractivity contribution in [2.24, 2.45) is 10.4 Å². The maximum Gasteiger partial charge on any atom is 0.156 e. The highest BCUT2D eigenvalue weighted by molar-refractivity contribution is 8.13. The summed E-state index contributed by atoms with van der Waals surface area (Å²) in [4.78, 5) is 4.81. The van der Waals surface area contributed by atoms with Crippen LogP contribution in [0.25, 0.3) is 0 Å². The van der Waals surface area contributed by atoms with Crippen LogP contribution >= 0.6 is 11.8 Å². The predicted octanol–water partition coefficient (Wildman–Crippen LogP) is 4.14. The van der Waals surface area contributed by atoms with Crippen LogP contribution in [-0.2, 0) is 6.54 Å². The third-order valence-electron chi connectivity index (χ3n) is 4.51. The first-order valence-electron chi connectivity index (χ1n) is 7.73. The Kier molecular flexibility index (Phi) is 4.35. The average Bonchev–Trinajstić information content (AvgIpc) is 2.48. The van der Waals surface area contributed by atoms with Gasteiger partial charge >= 0.3 is 0 Å². The SMILES string of the molecule is Cc1cccc(CNC2=NCC3(CCCCC3)CS2)c1. The van der Waals surface area contributed by atoms with Crippen molar-refractivity contribution in [1.82, 2.24) is 5.32 Å². The Morgan fingerprint density at radius 1 is 1.25 bits per heavy atom. The first kappa shape index (κ1) is 14.0. The molecule has 2 aliphatic rings. The summed E-state index contributed by atoms with van der Waals surface area (Å²) in [5.41, 5.74) is 3.19. The van der Waals surface area contributed by atoms with Gasteiger partial charge in [0.1, 0.15) is 0 Å². The van der Waals surface area contributed by atoms with Crippen molar-refractivity contribution in [1.29, 1.82) is 0 Å². The van der Waals surface area contributed by atoms with Crippen molar-refractivity contribution in [2.75, 3.05) is 12.3 Å². The summed E-state index contributed by atoms with van der Waals surface area (Å²) >= 11 is 1.93. The fourth-order valence-electron chi connectivity index (χ4n) is 3.26. The number of thioether (sulfide) groups is 1. The standard InChI is InChI=1S/C17H24N2S/c1-14-6-5-7-15(10-14)11-18-16-19-12-17(13-20-16)8-3-2-4-9-17/h5-7,10H,2-4,8-9,11-13H2,1H3,(H,18,19). The fourth-order valence-corrected chi connectivity index (χ4v) is 4.42. The van der Waals surface area contributed by atoms with Gasteiger partial charge < -0.3 is 5.32 Å². The molecule has 1 aromatic carbocycles. The molecule has 1 heterocycles. The van der Waals surface area contributed by atoms with Crippen LogP contribution in [0.5, 0.6) is 0 Å². The molecule has 0 atom stereocenters. The molecule has 1 N–H and O–H groups in total. The number of hydrogen-bond acceptors (Lipinski definition) is 3. The molecule has 0 unspecified atom stereocenters. The third kappa shape index (κ3) is 3.38. The van der Waals surface area contributed by atoms with Gasteiger partial charge in [0, 0.05) is 18.8 Å². The van der Waals surface area contributed by atoms with Crippen LogP contribution in [0.15, 0.2) is 29.3 Å². The Bertz CT molecular complexity index is 490. The maximum atomic E-state index is 4.81. The molecule has 0 bridgehead atoms. The summed E-state index contributed by atoms with van der Waals surface area (Å²) in [6.07, 6.45) is 7.00. The zero-order valence-corrected chi connectivity index (χ0v) is 13.1. The molecule has 3 rings (SSSR count). The largest absolute Gasteiger partial charge is 0.361 e. The van der Waals surface area contributed by atoms with Gasteiger partial charge in [-0.2, -0.15) is 0 Å². The first-order chi connectivity index (χ1) is 9.76. The summed E-state index contributed by atoms with van der Waals surface area (Å²) in [5, 5.41) is 4.64. The number of nitrogens with one attached hydrogen (secondary N) is 1. The summed E-state index contributed by atoms with van der Waals surface area (Å²) in [5.74, 6) is 1.26. The number of rotatable bonds is 2. The fraction of sp³-hybridized carbons (Fsp3) is 0.588. The molecular weight excluding hydrogens is 264 g/mol. The molecule has 1 aliphatic carbocycles. The number of aliphatic imine (C=N–C) groups is 1. The lowest BCUT2D eigenvalue weighted by Crippen LogP contribution is -2.36. The lowest BCUT2D eigenvalue weighted by molar-refractivity contribution is 0.232. The molecule has 1 aliphatic heterocycles. The zero-order chi connectivity index (χ0) is 13.8. The van der Waals surface area contributed by atoms with Gasteiger partial charge in [0.05, 0.1) is 0 Å². The van der Waals surface area contributed by atoms with E-state index in [2.05, 4.69) is 36.5 Å². The number of aryl methyl sites for hydroxylation is 1. The van der Waals surface area contributed by atoms with Crippen LogP contribution < -0.4 is 5.32 Å². The molecule has 0 saturated heterocycles. The molecule has 108 valence electrons. The van der Waals surface area contributed by atoms with Gasteiger partial charge in [0.15, 0.2) is 5.17 Å². The molecule has 20 heavy (non-hydrogen) atoms. The Hall–Kier alpha value is -0.960. The van der Waals surface area contributed by atoms with Crippen LogP contribution in [0.1, 0.15) is 43.2 Å². The predicted molar refractivity (Wildman–Crippen MR) is 88.3 cm³/mol. The van der Waals surface area contributed by atoms with Crippen LogP contribution in [-0.4, -0.2) is 17.5 Å². The smallest absolute Gasteiger partial charge is 0.156 e. The maximum absolute atomic E-state index is 4.81. The Labute approximate surface area is 126 Å². The van der Waals surface area contributed by atoms with Gasteiger partial charge in [-0.3, -0.25) is 4.99 Å². The molecular formula is C17H24N2S. The second-order valence-electron chi connectivity index (χ2n) is 6.31. The molecule has 0 aromatic heterocycles. The minimum absolute atomic E-state index is 0.525. The van der Waals surface area contributed by atoms with E-state index >= 15 is 0 Å². The minimum Gasteiger partial charge on any atom is -0.361 e. The Morgan fingerprint density at radius 3 is 2.80 bits per heavy atom. The van der Waals surface area contributed by atoms with Gasteiger partial charge in [-0.05, 0) is 30.7 Å². The van der Waals surface area contributed by atoms with Gasteiger partial charge in [-0.1, -0.05) is 60.9 Å². The van der Waals surface area contributed by atoms with Gasteiger partial charge in [-0.15, -0.1) is 0 Å². The van der Waals surface area contributed by atoms with Crippen LogP contribution in [0.3, 0.4) is 0 Å². The van der Waals surface area contributed by atoms with Gasteiger partial charge in [0.2, 0.25) is 0 Å². The Balaban J connectivity index is 1.54. The van der Waals surface area contributed by atoms with E-state index in [1.807, 2.05) is 11.8 Å². The van der Waals surface area contributed by atoms with Crippen molar-refractivity contribution in [3.05, 3.63) is 35.4 Å². The van der Waals surface area contributed by atoms with E-state index in [1.165, 1.54) is 49.0 Å². The van der Waals surface area contributed by atoms with Crippen molar-refractivity contribution >= 4 is 16.9 Å².